The van der Waals surface area contributed by atoms with Crippen molar-refractivity contribution in [3.8, 4) is 5.75 Å². The largest absolute Gasteiger partial charge is 0.495 e. The van der Waals surface area contributed by atoms with Crippen molar-refractivity contribution in [2.75, 3.05) is 32.1 Å². The van der Waals surface area contributed by atoms with Gasteiger partial charge in [-0.25, -0.2) is 4.98 Å². The Morgan fingerprint density at radius 2 is 2.15 bits per heavy atom. The molecule has 2 N–H and O–H groups in total. The number of ether oxygens (including phenoxy) is 1. The normalized spacial score (nSPS) is 14.4. The summed E-state index contributed by atoms with van der Waals surface area (Å²) in [5.41, 5.74) is 2.09. The van der Waals surface area contributed by atoms with Gasteiger partial charge >= 0.3 is 0 Å². The van der Waals surface area contributed by atoms with Gasteiger partial charge in [-0.3, -0.25) is 14.5 Å². The molecule has 3 rings (SSSR count). The van der Waals surface area contributed by atoms with E-state index in [2.05, 4.69) is 15.3 Å². The number of aromatic amines is 1. The zero-order valence-corrected chi connectivity index (χ0v) is 15.5. The van der Waals surface area contributed by atoms with Crippen LogP contribution in [0.15, 0.2) is 23.0 Å². The Kier molecular flexibility index (Phi) is 5.58. The molecule has 1 amide bonds. The summed E-state index contributed by atoms with van der Waals surface area (Å²) in [6, 6.07) is 5.11. The van der Waals surface area contributed by atoms with E-state index in [1.807, 2.05) is 4.90 Å². The molecule has 0 spiro atoms. The second-order valence-corrected chi connectivity index (χ2v) is 6.66. The molecule has 138 valence electrons. The van der Waals surface area contributed by atoms with Gasteiger partial charge in [0.1, 0.15) is 11.6 Å². The second kappa shape index (κ2) is 7.88. The molecule has 2 heterocycles. The molecule has 1 aromatic carbocycles. The average Bonchev–Trinajstić information content (AvgIpc) is 2.78. The highest BCUT2D eigenvalue weighted by Crippen LogP contribution is 2.27. The van der Waals surface area contributed by atoms with Crippen molar-refractivity contribution in [1.29, 1.82) is 0 Å². The molecule has 1 aromatic heterocycles. The Labute approximate surface area is 156 Å². The lowest BCUT2D eigenvalue weighted by Gasteiger charge is -2.19. The van der Waals surface area contributed by atoms with Crippen LogP contribution in [0.2, 0.25) is 5.02 Å². The van der Waals surface area contributed by atoms with E-state index in [-0.39, 0.29) is 18.0 Å². The highest BCUT2D eigenvalue weighted by molar-refractivity contribution is 6.32. The van der Waals surface area contributed by atoms with E-state index in [1.54, 1.807) is 25.1 Å². The van der Waals surface area contributed by atoms with Crippen LogP contribution in [0.25, 0.3) is 0 Å². The summed E-state index contributed by atoms with van der Waals surface area (Å²) in [6.45, 7) is 3.34. The van der Waals surface area contributed by atoms with Gasteiger partial charge in [0.2, 0.25) is 5.91 Å². The number of aryl methyl sites for hydroxylation is 1. The first kappa shape index (κ1) is 18.4. The van der Waals surface area contributed by atoms with Crippen LogP contribution in [0.1, 0.15) is 17.1 Å². The van der Waals surface area contributed by atoms with Gasteiger partial charge in [0.25, 0.3) is 5.56 Å². The third-order valence-electron chi connectivity index (χ3n) is 4.37. The number of carbonyl (C=O) groups is 1. The Balaban J connectivity index is 1.61. The van der Waals surface area contributed by atoms with E-state index in [9.17, 15) is 9.59 Å². The lowest BCUT2D eigenvalue weighted by molar-refractivity contribution is -0.117. The van der Waals surface area contributed by atoms with Crippen LogP contribution in [-0.4, -0.2) is 47.5 Å². The standard InChI is InChI=1S/C18H21ClN4O3/c1-11-20-15-6-8-23(7-5-13(15)18(25)21-11)10-17(24)22-12-3-4-16(26-2)14(19)9-12/h3-4,9H,5-8,10H2,1-2H3,(H,22,24)(H,20,21,25). The molecule has 7 nitrogen and oxygen atoms in total. The molecule has 8 heteroatoms. The summed E-state index contributed by atoms with van der Waals surface area (Å²) in [4.78, 5) is 33.6. The third kappa shape index (κ3) is 4.23. The van der Waals surface area contributed by atoms with Gasteiger partial charge in [0.15, 0.2) is 0 Å². The maximum absolute atomic E-state index is 12.3. The van der Waals surface area contributed by atoms with Crippen LogP contribution in [0.5, 0.6) is 5.75 Å². The fourth-order valence-electron chi connectivity index (χ4n) is 3.08. The van der Waals surface area contributed by atoms with E-state index < -0.39 is 0 Å². The molecule has 0 fully saturated rings. The van der Waals surface area contributed by atoms with Crippen LogP contribution >= 0.6 is 11.6 Å². The topological polar surface area (TPSA) is 87.3 Å². The summed E-state index contributed by atoms with van der Waals surface area (Å²) in [6.07, 6.45) is 1.24. The van der Waals surface area contributed by atoms with Gasteiger partial charge < -0.3 is 15.0 Å². The van der Waals surface area contributed by atoms with Crippen molar-refractivity contribution in [1.82, 2.24) is 14.9 Å². The molecule has 0 saturated heterocycles. The number of nitrogens with one attached hydrogen (secondary N) is 2. The first-order valence-corrected chi connectivity index (χ1v) is 8.78. The lowest BCUT2D eigenvalue weighted by atomic mass is 10.1. The lowest BCUT2D eigenvalue weighted by Crippen LogP contribution is -2.35. The molecule has 1 aliphatic heterocycles. The highest BCUT2D eigenvalue weighted by Gasteiger charge is 2.19. The van der Waals surface area contributed by atoms with E-state index in [4.69, 9.17) is 16.3 Å². The number of benzene rings is 1. The molecular weight excluding hydrogens is 356 g/mol. The summed E-state index contributed by atoms with van der Waals surface area (Å²) in [5, 5.41) is 3.28. The van der Waals surface area contributed by atoms with Crippen LogP contribution in [-0.2, 0) is 17.6 Å². The summed E-state index contributed by atoms with van der Waals surface area (Å²) >= 11 is 6.08. The number of hydrogen-bond donors (Lipinski definition) is 2. The predicted octanol–water partition coefficient (Wildman–Crippen LogP) is 1.78. The van der Waals surface area contributed by atoms with Gasteiger partial charge in [-0.05, 0) is 31.5 Å². The molecule has 0 radical (unpaired) electrons. The minimum Gasteiger partial charge on any atom is -0.495 e. The molecule has 0 aliphatic carbocycles. The molecule has 0 saturated carbocycles. The Hall–Kier alpha value is -2.38. The zero-order chi connectivity index (χ0) is 18.7. The molecule has 0 atom stereocenters. The number of amides is 1. The highest BCUT2D eigenvalue weighted by atomic mass is 35.5. The molecule has 1 aliphatic rings. The molecule has 0 unspecified atom stereocenters. The van der Waals surface area contributed by atoms with Gasteiger partial charge in [-0.2, -0.15) is 0 Å². The van der Waals surface area contributed by atoms with Gasteiger partial charge in [0, 0.05) is 30.8 Å². The van der Waals surface area contributed by atoms with Gasteiger partial charge in [-0.15, -0.1) is 0 Å². The number of fused-ring (bicyclic) bond motifs is 1. The number of methoxy groups -OCH3 is 1. The van der Waals surface area contributed by atoms with E-state index in [0.29, 0.717) is 48.2 Å². The number of halogens is 1. The second-order valence-electron chi connectivity index (χ2n) is 6.25. The van der Waals surface area contributed by atoms with Gasteiger partial charge in [-0.1, -0.05) is 11.6 Å². The number of anilines is 1. The van der Waals surface area contributed by atoms with Crippen molar-refractivity contribution in [2.45, 2.75) is 19.8 Å². The molecule has 0 bridgehead atoms. The fourth-order valence-corrected chi connectivity index (χ4v) is 3.34. The summed E-state index contributed by atoms with van der Waals surface area (Å²) in [7, 11) is 1.54. The quantitative estimate of drug-likeness (QED) is 0.849. The van der Waals surface area contributed by atoms with Crippen molar-refractivity contribution >= 4 is 23.2 Å². The van der Waals surface area contributed by atoms with Crippen molar-refractivity contribution in [3.05, 3.63) is 50.7 Å². The zero-order valence-electron chi connectivity index (χ0n) is 14.8. The predicted molar refractivity (Wildman–Crippen MR) is 100 cm³/mol. The smallest absolute Gasteiger partial charge is 0.254 e. The first-order chi connectivity index (χ1) is 12.5. The average molecular weight is 377 g/mol. The fraction of sp³-hybridized carbons (Fsp3) is 0.389. The molecule has 26 heavy (non-hydrogen) atoms. The van der Waals surface area contributed by atoms with Crippen LogP contribution in [0, 0.1) is 6.92 Å². The van der Waals surface area contributed by atoms with Crippen LogP contribution in [0.4, 0.5) is 5.69 Å². The Morgan fingerprint density at radius 1 is 1.38 bits per heavy atom. The number of carbonyl (C=O) groups excluding carboxylic acids is 1. The maximum Gasteiger partial charge on any atom is 0.254 e. The number of aromatic nitrogens is 2. The SMILES string of the molecule is COc1ccc(NC(=O)CN2CCc3nc(C)[nH]c(=O)c3CC2)cc1Cl. The van der Waals surface area contributed by atoms with E-state index in [1.165, 1.54) is 7.11 Å². The summed E-state index contributed by atoms with van der Waals surface area (Å²) < 4.78 is 5.10. The van der Waals surface area contributed by atoms with E-state index in [0.717, 1.165) is 11.3 Å². The Morgan fingerprint density at radius 3 is 2.88 bits per heavy atom. The van der Waals surface area contributed by atoms with Crippen LogP contribution < -0.4 is 15.6 Å². The van der Waals surface area contributed by atoms with Crippen molar-refractivity contribution in [2.24, 2.45) is 0 Å². The van der Waals surface area contributed by atoms with Crippen LogP contribution in [0.3, 0.4) is 0 Å². The number of H-pyrrole nitrogens is 1. The van der Waals surface area contributed by atoms with E-state index >= 15 is 0 Å². The summed E-state index contributed by atoms with van der Waals surface area (Å²) in [5.74, 6) is 1.05. The van der Waals surface area contributed by atoms with Crippen molar-refractivity contribution in [3.63, 3.8) is 0 Å². The number of nitrogens with zero attached hydrogens (tertiary/aromatic N) is 2. The third-order valence-corrected chi connectivity index (χ3v) is 4.66. The monoisotopic (exact) mass is 376 g/mol. The number of rotatable bonds is 4. The maximum atomic E-state index is 12.3. The minimum absolute atomic E-state index is 0.0772. The van der Waals surface area contributed by atoms with Gasteiger partial charge in [0.05, 0.1) is 24.4 Å². The molecular formula is C18H21ClN4O3. The molecule has 2 aromatic rings. The first-order valence-electron chi connectivity index (χ1n) is 8.40. The Bertz CT molecular complexity index is 881. The minimum atomic E-state index is -0.129. The van der Waals surface area contributed by atoms with Crippen molar-refractivity contribution < 1.29 is 9.53 Å². The number of hydrogen-bond acceptors (Lipinski definition) is 5.